The normalized spacial score (nSPS) is 13.7. The van der Waals surface area contributed by atoms with E-state index in [1.54, 1.807) is 0 Å². The zero-order chi connectivity index (χ0) is 18.8. The molecule has 0 radical (unpaired) electrons. The molecule has 0 spiro atoms. The summed E-state index contributed by atoms with van der Waals surface area (Å²) in [5, 5.41) is 14.4. The molecule has 25 heavy (non-hydrogen) atoms. The van der Waals surface area contributed by atoms with Crippen LogP contribution in [-0.2, 0) is 17.4 Å². The van der Waals surface area contributed by atoms with Crippen LogP contribution >= 0.6 is 0 Å². The molecule has 2 N–H and O–H groups in total. The summed E-state index contributed by atoms with van der Waals surface area (Å²) in [7, 11) is 0. The molecule has 0 amide bonds. The third-order valence-corrected chi connectivity index (χ3v) is 4.76. The van der Waals surface area contributed by atoms with E-state index < -0.39 is 0 Å². The molecule has 1 atom stereocenters. The molecular formula is C23H33NO. The molecular weight excluding hydrogens is 306 g/mol. The fourth-order valence-corrected chi connectivity index (χ4v) is 2.96. The van der Waals surface area contributed by atoms with E-state index in [-0.39, 0.29) is 16.9 Å². The van der Waals surface area contributed by atoms with Gasteiger partial charge in [-0.2, -0.15) is 0 Å². The molecule has 0 bridgehead atoms. The van der Waals surface area contributed by atoms with E-state index in [0.717, 1.165) is 11.1 Å². The van der Waals surface area contributed by atoms with Gasteiger partial charge in [0.2, 0.25) is 0 Å². The minimum absolute atomic E-state index is 0.0491. The quantitative estimate of drug-likeness (QED) is 0.733. The SMILES string of the molecule is C[C@@H](NCc1cc(C(C)(C)C)cc(C(C)(C)C)c1O)c1ccccc1. The summed E-state index contributed by atoms with van der Waals surface area (Å²) in [4.78, 5) is 0. The van der Waals surface area contributed by atoms with Gasteiger partial charge in [-0.05, 0) is 34.4 Å². The fraction of sp³-hybridized carbons (Fsp3) is 0.478. The Morgan fingerprint density at radius 3 is 2.04 bits per heavy atom. The van der Waals surface area contributed by atoms with Crippen molar-refractivity contribution >= 4 is 0 Å². The molecule has 0 saturated carbocycles. The number of aromatic hydroxyl groups is 1. The highest BCUT2D eigenvalue weighted by Crippen LogP contribution is 2.37. The van der Waals surface area contributed by atoms with E-state index in [2.05, 4.69) is 90.2 Å². The Labute approximate surface area is 153 Å². The van der Waals surface area contributed by atoms with Crippen molar-refractivity contribution < 1.29 is 5.11 Å². The maximum absolute atomic E-state index is 10.9. The van der Waals surface area contributed by atoms with Gasteiger partial charge in [0.15, 0.2) is 0 Å². The molecule has 0 heterocycles. The number of phenols is 1. The van der Waals surface area contributed by atoms with E-state index in [9.17, 15) is 5.11 Å². The maximum atomic E-state index is 10.9. The average Bonchev–Trinajstić information content (AvgIpc) is 2.52. The molecule has 0 saturated heterocycles. The van der Waals surface area contributed by atoms with Gasteiger partial charge in [0.05, 0.1) is 0 Å². The molecule has 2 rings (SSSR count). The lowest BCUT2D eigenvalue weighted by molar-refractivity contribution is 0.432. The van der Waals surface area contributed by atoms with Gasteiger partial charge < -0.3 is 10.4 Å². The largest absolute Gasteiger partial charge is 0.507 e. The number of hydrogen-bond acceptors (Lipinski definition) is 2. The van der Waals surface area contributed by atoms with Gasteiger partial charge in [0.1, 0.15) is 5.75 Å². The maximum Gasteiger partial charge on any atom is 0.123 e. The van der Waals surface area contributed by atoms with E-state index in [4.69, 9.17) is 0 Å². The van der Waals surface area contributed by atoms with Crippen LogP contribution in [0.2, 0.25) is 0 Å². The van der Waals surface area contributed by atoms with Gasteiger partial charge in [-0.3, -0.25) is 0 Å². The highest BCUT2D eigenvalue weighted by Gasteiger charge is 2.25. The molecule has 2 aromatic rings. The standard InChI is InChI=1S/C23H33NO/c1-16(17-11-9-8-10-12-17)24-15-18-13-19(22(2,3)4)14-20(21(18)25)23(5,6)7/h8-14,16,24-25H,15H2,1-7H3/t16-/m1/s1. The molecule has 2 nitrogen and oxygen atoms in total. The Morgan fingerprint density at radius 1 is 0.920 bits per heavy atom. The lowest BCUT2D eigenvalue weighted by Crippen LogP contribution is -2.21. The van der Waals surface area contributed by atoms with Crippen molar-refractivity contribution in [3.63, 3.8) is 0 Å². The van der Waals surface area contributed by atoms with Crippen molar-refractivity contribution in [3.8, 4) is 5.75 Å². The monoisotopic (exact) mass is 339 g/mol. The highest BCUT2D eigenvalue weighted by atomic mass is 16.3. The van der Waals surface area contributed by atoms with Crippen LogP contribution < -0.4 is 5.32 Å². The topological polar surface area (TPSA) is 32.3 Å². The number of phenolic OH excluding ortho intramolecular Hbond substituents is 1. The van der Waals surface area contributed by atoms with Gasteiger partial charge in [-0.1, -0.05) is 84.0 Å². The second kappa shape index (κ2) is 7.21. The number of nitrogens with one attached hydrogen (secondary N) is 1. The van der Waals surface area contributed by atoms with E-state index in [1.165, 1.54) is 11.1 Å². The van der Waals surface area contributed by atoms with E-state index >= 15 is 0 Å². The summed E-state index contributed by atoms with van der Waals surface area (Å²) in [5.41, 5.74) is 4.46. The average molecular weight is 340 g/mol. The Balaban J connectivity index is 2.33. The first kappa shape index (κ1) is 19.5. The number of benzene rings is 2. The van der Waals surface area contributed by atoms with Crippen LogP contribution in [0, 0.1) is 0 Å². The van der Waals surface area contributed by atoms with E-state index in [0.29, 0.717) is 12.3 Å². The second-order valence-corrected chi connectivity index (χ2v) is 9.04. The van der Waals surface area contributed by atoms with Crippen molar-refractivity contribution in [1.82, 2.24) is 5.32 Å². The summed E-state index contributed by atoms with van der Waals surface area (Å²) in [6.45, 7) is 15.9. The summed E-state index contributed by atoms with van der Waals surface area (Å²) < 4.78 is 0. The third kappa shape index (κ3) is 4.85. The smallest absolute Gasteiger partial charge is 0.123 e. The van der Waals surface area contributed by atoms with Gasteiger partial charge in [-0.15, -0.1) is 0 Å². The van der Waals surface area contributed by atoms with Gasteiger partial charge in [-0.25, -0.2) is 0 Å². The lowest BCUT2D eigenvalue weighted by Gasteiger charge is -2.28. The molecule has 0 unspecified atom stereocenters. The van der Waals surface area contributed by atoms with Crippen LogP contribution in [0.1, 0.15) is 76.8 Å². The van der Waals surface area contributed by atoms with Crippen molar-refractivity contribution in [3.05, 3.63) is 64.7 Å². The van der Waals surface area contributed by atoms with Crippen LogP contribution in [0.3, 0.4) is 0 Å². The summed E-state index contributed by atoms with van der Waals surface area (Å²) >= 11 is 0. The minimum Gasteiger partial charge on any atom is -0.507 e. The molecule has 0 aliphatic rings. The molecule has 136 valence electrons. The van der Waals surface area contributed by atoms with Crippen molar-refractivity contribution in [2.75, 3.05) is 0 Å². The van der Waals surface area contributed by atoms with Crippen LogP contribution in [-0.4, -0.2) is 5.11 Å². The van der Waals surface area contributed by atoms with Crippen LogP contribution in [0.5, 0.6) is 5.75 Å². The number of rotatable bonds is 4. The fourth-order valence-electron chi connectivity index (χ4n) is 2.96. The van der Waals surface area contributed by atoms with Crippen molar-refractivity contribution in [2.45, 2.75) is 71.9 Å². The molecule has 0 aliphatic heterocycles. The zero-order valence-corrected chi connectivity index (χ0v) is 16.8. The van der Waals surface area contributed by atoms with Gasteiger partial charge in [0.25, 0.3) is 0 Å². The summed E-state index contributed by atoms with van der Waals surface area (Å²) in [6.07, 6.45) is 0. The lowest BCUT2D eigenvalue weighted by atomic mass is 9.79. The Bertz CT molecular complexity index is 705. The first-order valence-electron chi connectivity index (χ1n) is 9.15. The first-order valence-corrected chi connectivity index (χ1v) is 9.15. The first-order chi connectivity index (χ1) is 11.5. The van der Waals surface area contributed by atoms with Crippen LogP contribution in [0.15, 0.2) is 42.5 Å². The second-order valence-electron chi connectivity index (χ2n) is 9.04. The molecule has 2 aromatic carbocycles. The third-order valence-electron chi connectivity index (χ3n) is 4.76. The molecule has 0 aromatic heterocycles. The predicted molar refractivity (Wildman–Crippen MR) is 107 cm³/mol. The number of hydrogen-bond donors (Lipinski definition) is 2. The van der Waals surface area contributed by atoms with E-state index in [1.807, 2.05) is 6.07 Å². The van der Waals surface area contributed by atoms with Crippen molar-refractivity contribution in [1.29, 1.82) is 0 Å². The Hall–Kier alpha value is -1.80. The van der Waals surface area contributed by atoms with Crippen LogP contribution in [0.4, 0.5) is 0 Å². The minimum atomic E-state index is -0.0921. The molecule has 2 heteroatoms. The highest BCUT2D eigenvalue weighted by molar-refractivity contribution is 5.48. The van der Waals surface area contributed by atoms with Crippen molar-refractivity contribution in [2.24, 2.45) is 0 Å². The summed E-state index contributed by atoms with van der Waals surface area (Å²) in [5.74, 6) is 0.424. The van der Waals surface area contributed by atoms with Gasteiger partial charge >= 0.3 is 0 Å². The molecule has 0 fully saturated rings. The van der Waals surface area contributed by atoms with Gasteiger partial charge in [0, 0.05) is 18.2 Å². The Kier molecular flexibility index (Phi) is 5.63. The summed E-state index contributed by atoms with van der Waals surface area (Å²) in [6, 6.07) is 15.0. The molecule has 0 aliphatic carbocycles. The Morgan fingerprint density at radius 2 is 1.52 bits per heavy atom. The zero-order valence-electron chi connectivity index (χ0n) is 16.8. The van der Waals surface area contributed by atoms with Crippen LogP contribution in [0.25, 0.3) is 0 Å². The predicted octanol–water partition coefficient (Wildman–Crippen LogP) is 5.84.